The van der Waals surface area contributed by atoms with Crippen LogP contribution in [-0.4, -0.2) is 12.3 Å². The summed E-state index contributed by atoms with van der Waals surface area (Å²) >= 11 is 0. The van der Waals surface area contributed by atoms with E-state index in [1.807, 2.05) is 13.8 Å². The maximum absolute atomic E-state index is 13.3. The largest absolute Gasteiger partial charge is 0.247 e. The quantitative estimate of drug-likeness (QED) is 0.560. The van der Waals surface area contributed by atoms with Crippen LogP contribution in [0.2, 0.25) is 0 Å². The molecule has 0 nitrogen and oxygen atoms in total. The molecule has 1 unspecified atom stereocenters. The first-order chi connectivity index (χ1) is 5.45. The minimum atomic E-state index is -1.92. The molecule has 12 heavy (non-hydrogen) atoms. The van der Waals surface area contributed by atoms with Crippen LogP contribution in [0.5, 0.6) is 0 Å². The Balaban J connectivity index is 4.21. The van der Waals surface area contributed by atoms with Crippen molar-refractivity contribution in [1.29, 1.82) is 0 Å². The van der Waals surface area contributed by atoms with Gasteiger partial charge < -0.3 is 0 Å². The first-order valence-corrected chi connectivity index (χ1v) is 4.01. The Hall–Kier alpha value is -0.660. The van der Waals surface area contributed by atoms with Crippen LogP contribution >= 0.6 is 0 Å². The van der Waals surface area contributed by atoms with E-state index in [0.717, 1.165) is 11.6 Å². The van der Waals surface area contributed by atoms with Gasteiger partial charge in [-0.25, -0.2) is 8.78 Å². The third-order valence-electron chi connectivity index (χ3n) is 1.93. The van der Waals surface area contributed by atoms with Gasteiger partial charge in [0, 0.05) is 6.42 Å². The lowest BCUT2D eigenvalue weighted by Crippen LogP contribution is -2.23. The average molecular weight is 174 g/mol. The second-order valence-corrected chi connectivity index (χ2v) is 3.36. The van der Waals surface area contributed by atoms with Gasteiger partial charge in [-0.1, -0.05) is 38.7 Å². The van der Waals surface area contributed by atoms with Crippen molar-refractivity contribution in [3.8, 4) is 0 Å². The second kappa shape index (κ2) is 4.39. The van der Waals surface area contributed by atoms with Gasteiger partial charge in [-0.15, -0.1) is 0 Å². The Morgan fingerprint density at radius 2 is 2.08 bits per heavy atom. The predicted octanol–water partition coefficient (Wildman–Crippen LogP) is 3.45. The molecule has 0 aliphatic rings. The molecule has 0 aliphatic carbocycles. The van der Waals surface area contributed by atoms with Crippen LogP contribution in [-0.2, 0) is 0 Å². The highest BCUT2D eigenvalue weighted by Crippen LogP contribution is 2.26. The highest BCUT2D eigenvalue weighted by molar-refractivity contribution is 5.09. The Bertz CT molecular complexity index is 173. The maximum atomic E-state index is 13.3. The normalized spacial score (nSPS) is 15.8. The Morgan fingerprint density at radius 3 is 2.33 bits per heavy atom. The fourth-order valence-corrected chi connectivity index (χ4v) is 0.756. The molecule has 0 heterocycles. The van der Waals surface area contributed by atoms with Crippen molar-refractivity contribution in [3.05, 3.63) is 24.8 Å². The van der Waals surface area contributed by atoms with Gasteiger partial charge in [-0.3, -0.25) is 0 Å². The predicted molar refractivity (Wildman–Crippen MR) is 48.6 cm³/mol. The lowest BCUT2D eigenvalue weighted by molar-refractivity contribution is 0.172. The monoisotopic (exact) mass is 174 g/mol. The highest BCUT2D eigenvalue weighted by atomic mass is 19.2. The molecule has 0 amide bonds. The molecule has 2 heteroatoms. The number of hydrogen-bond donors (Lipinski definition) is 0. The zero-order valence-corrected chi connectivity index (χ0v) is 7.74. The summed E-state index contributed by atoms with van der Waals surface area (Å²) in [6.45, 7) is 9.73. The molecule has 0 aromatic rings. The molecule has 0 spiro atoms. The Kier molecular flexibility index (Phi) is 4.15. The van der Waals surface area contributed by atoms with Crippen molar-refractivity contribution in [2.75, 3.05) is 6.67 Å². The molecular weight excluding hydrogens is 158 g/mol. The van der Waals surface area contributed by atoms with Crippen LogP contribution in [0.15, 0.2) is 24.8 Å². The van der Waals surface area contributed by atoms with Crippen molar-refractivity contribution in [2.24, 2.45) is 5.92 Å². The van der Waals surface area contributed by atoms with Crippen LogP contribution in [0.1, 0.15) is 20.3 Å². The molecule has 0 fully saturated rings. The lowest BCUT2D eigenvalue weighted by Gasteiger charge is -2.20. The fraction of sp³-hybridized carbons (Fsp3) is 0.600. The van der Waals surface area contributed by atoms with Crippen LogP contribution in [0.4, 0.5) is 8.78 Å². The van der Waals surface area contributed by atoms with Gasteiger partial charge in [0.2, 0.25) is 0 Å². The summed E-state index contributed by atoms with van der Waals surface area (Å²) in [5, 5.41) is 0. The van der Waals surface area contributed by atoms with Crippen LogP contribution in [0, 0.1) is 5.92 Å². The van der Waals surface area contributed by atoms with E-state index in [-0.39, 0.29) is 12.3 Å². The van der Waals surface area contributed by atoms with E-state index in [2.05, 4.69) is 13.2 Å². The molecule has 0 saturated carbocycles. The van der Waals surface area contributed by atoms with E-state index >= 15 is 0 Å². The number of hydrogen-bond acceptors (Lipinski definition) is 0. The zero-order valence-electron chi connectivity index (χ0n) is 7.74. The third kappa shape index (κ3) is 3.16. The zero-order chi connectivity index (χ0) is 9.78. The number of halogens is 2. The first kappa shape index (κ1) is 11.3. The molecule has 0 rings (SSSR count). The molecule has 0 N–H and O–H groups in total. The van der Waals surface area contributed by atoms with Gasteiger partial charge in [0.25, 0.3) is 0 Å². The summed E-state index contributed by atoms with van der Waals surface area (Å²) in [7, 11) is 0. The third-order valence-corrected chi connectivity index (χ3v) is 1.93. The van der Waals surface area contributed by atoms with Gasteiger partial charge in [0.05, 0.1) is 0 Å². The van der Waals surface area contributed by atoms with E-state index in [0.29, 0.717) is 0 Å². The molecule has 1 atom stereocenters. The molecule has 0 aromatic heterocycles. The summed E-state index contributed by atoms with van der Waals surface area (Å²) in [5.74, 6) is 0.187. The van der Waals surface area contributed by atoms with E-state index in [1.54, 1.807) is 0 Å². The maximum Gasteiger partial charge on any atom is 0.160 e. The smallest absolute Gasteiger partial charge is 0.160 e. The molecule has 0 aliphatic heterocycles. The van der Waals surface area contributed by atoms with Crippen LogP contribution < -0.4 is 0 Å². The second-order valence-electron chi connectivity index (χ2n) is 3.36. The SMILES string of the molecule is C=CC(F)(CF)CC(=C)C(C)C. The standard InChI is InChI=1S/C10H16F2/c1-5-10(12,7-11)6-9(4)8(2)3/h5,8H,1,4,6-7H2,2-3H3. The molecule has 0 radical (unpaired) electrons. The Morgan fingerprint density at radius 1 is 1.58 bits per heavy atom. The summed E-state index contributed by atoms with van der Waals surface area (Å²) in [4.78, 5) is 0. The first-order valence-electron chi connectivity index (χ1n) is 4.01. The van der Waals surface area contributed by atoms with Gasteiger partial charge in [0.15, 0.2) is 5.67 Å². The van der Waals surface area contributed by atoms with E-state index < -0.39 is 12.3 Å². The number of alkyl halides is 2. The summed E-state index contributed by atoms with van der Waals surface area (Å²) in [6.07, 6.45) is 1.05. The van der Waals surface area contributed by atoms with Crippen LogP contribution in [0.25, 0.3) is 0 Å². The van der Waals surface area contributed by atoms with Gasteiger partial charge in [-0.05, 0) is 5.92 Å². The highest BCUT2D eigenvalue weighted by Gasteiger charge is 2.27. The Labute approximate surface area is 73.0 Å². The average Bonchev–Trinajstić information content (AvgIpc) is 2.04. The topological polar surface area (TPSA) is 0 Å². The van der Waals surface area contributed by atoms with E-state index in [1.165, 1.54) is 0 Å². The van der Waals surface area contributed by atoms with Crippen molar-refractivity contribution in [3.63, 3.8) is 0 Å². The van der Waals surface area contributed by atoms with Crippen molar-refractivity contribution in [2.45, 2.75) is 25.9 Å². The minimum Gasteiger partial charge on any atom is -0.247 e. The van der Waals surface area contributed by atoms with Crippen molar-refractivity contribution >= 4 is 0 Å². The fourth-order valence-electron chi connectivity index (χ4n) is 0.756. The lowest BCUT2D eigenvalue weighted by atomic mass is 9.92. The van der Waals surface area contributed by atoms with Crippen molar-refractivity contribution in [1.82, 2.24) is 0 Å². The number of rotatable bonds is 5. The summed E-state index contributed by atoms with van der Waals surface area (Å²) in [5.41, 5.74) is -1.20. The summed E-state index contributed by atoms with van der Waals surface area (Å²) in [6, 6.07) is 0. The molecular formula is C10H16F2. The summed E-state index contributed by atoms with van der Waals surface area (Å²) < 4.78 is 25.5. The molecule has 0 saturated heterocycles. The van der Waals surface area contributed by atoms with E-state index in [9.17, 15) is 8.78 Å². The van der Waals surface area contributed by atoms with Gasteiger partial charge >= 0.3 is 0 Å². The van der Waals surface area contributed by atoms with Crippen LogP contribution in [0.3, 0.4) is 0 Å². The molecule has 0 bridgehead atoms. The minimum absolute atomic E-state index is 0.0324. The number of allylic oxidation sites excluding steroid dienone is 2. The molecule has 70 valence electrons. The van der Waals surface area contributed by atoms with Gasteiger partial charge in [0.1, 0.15) is 6.67 Å². The van der Waals surface area contributed by atoms with Gasteiger partial charge in [-0.2, -0.15) is 0 Å². The van der Waals surface area contributed by atoms with Crippen molar-refractivity contribution < 1.29 is 8.78 Å². The van der Waals surface area contributed by atoms with E-state index in [4.69, 9.17) is 0 Å². The molecule has 0 aromatic carbocycles.